The lowest BCUT2D eigenvalue weighted by molar-refractivity contribution is -0.0404. The zero-order valence-corrected chi connectivity index (χ0v) is 18.5. The normalized spacial score (nSPS) is 21.5. The maximum Gasteiger partial charge on any atom is 0.184 e. The van der Waals surface area contributed by atoms with Gasteiger partial charge in [0, 0.05) is 41.6 Å². The van der Waals surface area contributed by atoms with Crippen molar-refractivity contribution in [2.45, 2.75) is 42.6 Å². The minimum atomic E-state index is -3.37. The van der Waals surface area contributed by atoms with Gasteiger partial charge in [0.05, 0.1) is 10.1 Å². The van der Waals surface area contributed by atoms with Gasteiger partial charge in [0.25, 0.3) is 0 Å². The number of halogens is 1. The third-order valence-corrected chi connectivity index (χ3v) is 8.41. The van der Waals surface area contributed by atoms with Crippen molar-refractivity contribution in [3.63, 3.8) is 0 Å². The Morgan fingerprint density at radius 3 is 2.71 bits per heavy atom. The van der Waals surface area contributed by atoms with Crippen LogP contribution in [0.15, 0.2) is 33.6 Å². The second-order valence-corrected chi connectivity index (χ2v) is 10.6. The largest absolute Gasteiger partial charge is 0.357 e. The summed E-state index contributed by atoms with van der Waals surface area (Å²) >= 11 is 3.40. The number of rotatable bonds is 5. The zero-order chi connectivity index (χ0) is 19.9. The second kappa shape index (κ2) is 7.78. The molecule has 0 spiro atoms. The molecular formula is C19H25BrN4O3S. The molecule has 2 fully saturated rings. The SMILES string of the molecule is Cc1cc(Nc2ccc(Br)c(S(=O)(=O)C3CN(C)C3)c2)nn1C1CCCCO1. The average Bonchev–Trinajstić information content (AvgIpc) is 3.01. The molecule has 2 aliphatic heterocycles. The molecule has 9 heteroatoms. The highest BCUT2D eigenvalue weighted by Crippen LogP contribution is 2.32. The van der Waals surface area contributed by atoms with Crippen LogP contribution >= 0.6 is 15.9 Å². The third kappa shape index (κ3) is 3.85. The molecule has 1 N–H and O–H groups in total. The minimum absolute atomic E-state index is 0.0271. The molecule has 1 aromatic carbocycles. The van der Waals surface area contributed by atoms with Crippen LogP contribution in [-0.2, 0) is 14.6 Å². The van der Waals surface area contributed by atoms with Crippen molar-refractivity contribution in [2.24, 2.45) is 0 Å². The summed E-state index contributed by atoms with van der Waals surface area (Å²) in [5, 5.41) is 7.52. The third-order valence-electron chi connectivity index (χ3n) is 5.33. The molecule has 0 amide bonds. The number of sulfone groups is 1. The van der Waals surface area contributed by atoms with E-state index in [4.69, 9.17) is 4.74 Å². The van der Waals surface area contributed by atoms with E-state index in [1.165, 1.54) is 0 Å². The highest BCUT2D eigenvalue weighted by atomic mass is 79.9. The number of anilines is 2. The number of likely N-dealkylation sites (tertiary alicyclic amines) is 1. The summed E-state index contributed by atoms with van der Waals surface area (Å²) in [6.07, 6.45) is 3.16. The number of benzene rings is 1. The lowest BCUT2D eigenvalue weighted by Gasteiger charge is -2.35. The fraction of sp³-hybridized carbons (Fsp3) is 0.526. The van der Waals surface area contributed by atoms with E-state index in [-0.39, 0.29) is 11.5 Å². The van der Waals surface area contributed by atoms with Crippen LogP contribution < -0.4 is 5.32 Å². The Kier molecular flexibility index (Phi) is 5.52. The maximum atomic E-state index is 12.9. The second-order valence-electron chi connectivity index (χ2n) is 7.60. The molecular weight excluding hydrogens is 444 g/mol. The average molecular weight is 469 g/mol. The fourth-order valence-corrected chi connectivity index (χ4v) is 6.54. The van der Waals surface area contributed by atoms with Crippen LogP contribution in [0.2, 0.25) is 0 Å². The van der Waals surface area contributed by atoms with E-state index in [0.29, 0.717) is 34.0 Å². The van der Waals surface area contributed by atoms with Crippen LogP contribution in [0.4, 0.5) is 11.5 Å². The molecule has 0 saturated carbocycles. The molecule has 2 aliphatic rings. The molecule has 7 nitrogen and oxygen atoms in total. The van der Waals surface area contributed by atoms with E-state index in [2.05, 4.69) is 26.3 Å². The van der Waals surface area contributed by atoms with E-state index in [1.54, 1.807) is 12.1 Å². The minimum Gasteiger partial charge on any atom is -0.357 e. The van der Waals surface area contributed by atoms with Crippen molar-refractivity contribution >= 4 is 37.3 Å². The predicted molar refractivity (Wildman–Crippen MR) is 112 cm³/mol. The molecule has 1 aromatic heterocycles. The summed E-state index contributed by atoms with van der Waals surface area (Å²) in [5.74, 6) is 0.681. The van der Waals surface area contributed by atoms with Gasteiger partial charge in [0.1, 0.15) is 0 Å². The Morgan fingerprint density at radius 2 is 2.04 bits per heavy atom. The predicted octanol–water partition coefficient (Wildman–Crippen LogP) is 3.48. The molecule has 152 valence electrons. The summed E-state index contributed by atoms with van der Waals surface area (Å²) < 4.78 is 34.2. The Bertz CT molecular complexity index is 964. The van der Waals surface area contributed by atoms with Crippen LogP contribution in [-0.4, -0.2) is 55.1 Å². The van der Waals surface area contributed by atoms with Gasteiger partial charge in [-0.25, -0.2) is 13.1 Å². The van der Waals surface area contributed by atoms with Gasteiger partial charge in [-0.3, -0.25) is 0 Å². The fourth-order valence-electron chi connectivity index (χ4n) is 3.72. The lowest BCUT2D eigenvalue weighted by atomic mass is 10.2. The number of hydrogen-bond donors (Lipinski definition) is 1. The molecule has 0 radical (unpaired) electrons. The van der Waals surface area contributed by atoms with Crippen molar-refractivity contribution in [2.75, 3.05) is 32.1 Å². The van der Waals surface area contributed by atoms with Gasteiger partial charge < -0.3 is 15.0 Å². The number of aromatic nitrogens is 2. The van der Waals surface area contributed by atoms with Crippen LogP contribution in [0.1, 0.15) is 31.2 Å². The number of nitrogens with one attached hydrogen (secondary N) is 1. The van der Waals surface area contributed by atoms with Crippen LogP contribution in [0.25, 0.3) is 0 Å². The topological polar surface area (TPSA) is 76.5 Å². The van der Waals surface area contributed by atoms with Crippen LogP contribution in [0, 0.1) is 6.92 Å². The first kappa shape index (κ1) is 19.9. The summed E-state index contributed by atoms with van der Waals surface area (Å²) in [7, 11) is -1.45. The van der Waals surface area contributed by atoms with E-state index < -0.39 is 9.84 Å². The van der Waals surface area contributed by atoms with Crippen molar-refractivity contribution in [1.82, 2.24) is 14.7 Å². The molecule has 0 bridgehead atoms. The maximum absolute atomic E-state index is 12.9. The van der Waals surface area contributed by atoms with Gasteiger partial charge in [-0.1, -0.05) is 0 Å². The van der Waals surface area contributed by atoms with Gasteiger partial charge in [-0.05, 0) is 67.4 Å². The van der Waals surface area contributed by atoms with Gasteiger partial charge in [0.2, 0.25) is 0 Å². The Morgan fingerprint density at radius 1 is 1.25 bits per heavy atom. The van der Waals surface area contributed by atoms with Gasteiger partial charge in [0.15, 0.2) is 21.9 Å². The lowest BCUT2D eigenvalue weighted by Crippen LogP contribution is -2.52. The van der Waals surface area contributed by atoms with Crippen LogP contribution in [0.3, 0.4) is 0 Å². The molecule has 28 heavy (non-hydrogen) atoms. The summed E-state index contributed by atoms with van der Waals surface area (Å²) in [6.45, 7) is 3.90. The zero-order valence-electron chi connectivity index (χ0n) is 16.1. The first-order valence-corrected chi connectivity index (χ1v) is 11.9. The van der Waals surface area contributed by atoms with Gasteiger partial charge in [-0.15, -0.1) is 0 Å². The summed E-state index contributed by atoms with van der Waals surface area (Å²) in [6, 6.07) is 7.26. The molecule has 0 aliphatic carbocycles. The van der Waals surface area contributed by atoms with E-state index in [1.807, 2.05) is 35.7 Å². The first-order valence-electron chi connectivity index (χ1n) is 9.51. The molecule has 2 saturated heterocycles. The summed E-state index contributed by atoms with van der Waals surface area (Å²) in [4.78, 5) is 2.32. The Hall–Kier alpha value is -1.42. The quantitative estimate of drug-likeness (QED) is 0.723. The number of nitrogens with zero attached hydrogens (tertiary/aromatic N) is 3. The number of ether oxygens (including phenoxy) is 1. The molecule has 3 heterocycles. The van der Waals surface area contributed by atoms with Crippen molar-refractivity contribution in [3.05, 3.63) is 34.4 Å². The Balaban J connectivity index is 1.56. The molecule has 4 rings (SSSR count). The first-order chi connectivity index (χ1) is 13.3. The van der Waals surface area contributed by atoms with Gasteiger partial charge >= 0.3 is 0 Å². The number of aryl methyl sites for hydroxylation is 1. The van der Waals surface area contributed by atoms with E-state index in [0.717, 1.165) is 31.6 Å². The van der Waals surface area contributed by atoms with Crippen molar-refractivity contribution in [3.8, 4) is 0 Å². The standard InChI is InChI=1S/C19H25BrN4O3S/c1-13-9-18(22-24(13)19-5-3-4-8-27-19)21-14-6-7-16(20)17(10-14)28(25,26)15-11-23(2)12-15/h6-7,9-10,15,19H,3-5,8,11-12H2,1-2H3,(H,21,22). The monoisotopic (exact) mass is 468 g/mol. The van der Waals surface area contributed by atoms with Crippen LogP contribution in [0.5, 0.6) is 0 Å². The van der Waals surface area contributed by atoms with E-state index in [9.17, 15) is 8.42 Å². The highest BCUT2D eigenvalue weighted by Gasteiger charge is 2.37. The van der Waals surface area contributed by atoms with Crippen molar-refractivity contribution in [1.29, 1.82) is 0 Å². The molecule has 2 aromatic rings. The highest BCUT2D eigenvalue weighted by molar-refractivity contribution is 9.10. The number of hydrogen-bond acceptors (Lipinski definition) is 6. The molecule has 1 unspecified atom stereocenters. The molecule has 1 atom stereocenters. The van der Waals surface area contributed by atoms with E-state index >= 15 is 0 Å². The smallest absolute Gasteiger partial charge is 0.184 e. The summed E-state index contributed by atoms with van der Waals surface area (Å²) in [5.41, 5.74) is 1.71. The van der Waals surface area contributed by atoms with Gasteiger partial charge in [-0.2, -0.15) is 5.10 Å². The van der Waals surface area contributed by atoms with Crippen molar-refractivity contribution < 1.29 is 13.2 Å². The Labute approximate surface area is 174 Å².